The molecule has 0 fully saturated rings. The number of nitrogens with two attached hydrogens (primary N) is 1. The molecule has 0 radical (unpaired) electrons. The molecule has 41 heavy (non-hydrogen) atoms. The predicted octanol–water partition coefficient (Wildman–Crippen LogP) is 5.73. The third kappa shape index (κ3) is 6.04. The number of aromatic nitrogens is 2. The number of thiazole rings is 1. The van der Waals surface area contributed by atoms with Gasteiger partial charge in [-0.25, -0.2) is 9.97 Å². The van der Waals surface area contributed by atoms with Gasteiger partial charge in [0.2, 0.25) is 11.7 Å². The lowest BCUT2D eigenvalue weighted by atomic mass is 9.96. The molecule has 0 aliphatic heterocycles. The van der Waals surface area contributed by atoms with Gasteiger partial charge in [0, 0.05) is 16.5 Å². The molecule has 2 heterocycles. The van der Waals surface area contributed by atoms with Gasteiger partial charge in [-0.05, 0) is 24.1 Å². The summed E-state index contributed by atoms with van der Waals surface area (Å²) in [4.78, 5) is 22.2. The van der Waals surface area contributed by atoms with Crippen LogP contribution in [-0.4, -0.2) is 42.5 Å². The molecular weight excluding hydrogens is 560 g/mol. The van der Waals surface area contributed by atoms with Crippen LogP contribution in [0.1, 0.15) is 24.5 Å². The van der Waals surface area contributed by atoms with Crippen molar-refractivity contribution in [3.05, 3.63) is 59.0 Å². The maximum atomic E-state index is 13.3. The van der Waals surface area contributed by atoms with Crippen LogP contribution in [-0.2, 0) is 4.79 Å². The Morgan fingerprint density at radius 3 is 2.24 bits per heavy atom. The van der Waals surface area contributed by atoms with Crippen LogP contribution in [0.2, 0.25) is 0 Å². The van der Waals surface area contributed by atoms with Gasteiger partial charge in [-0.1, -0.05) is 49.0 Å². The molecule has 4 rings (SSSR count). The predicted molar refractivity (Wildman–Crippen MR) is 159 cm³/mol. The zero-order valence-electron chi connectivity index (χ0n) is 22.7. The van der Waals surface area contributed by atoms with Crippen LogP contribution in [0.5, 0.6) is 17.2 Å². The average molecular weight is 587 g/mol. The Balaban J connectivity index is 1.71. The quantitative estimate of drug-likeness (QED) is 0.220. The Morgan fingerprint density at radius 1 is 1.02 bits per heavy atom. The molecule has 0 bridgehead atoms. The molecule has 4 aromatic rings. The first-order valence-electron chi connectivity index (χ1n) is 12.3. The summed E-state index contributed by atoms with van der Waals surface area (Å²) in [5, 5.41) is 25.0. The van der Waals surface area contributed by atoms with Gasteiger partial charge in [0.05, 0.1) is 37.8 Å². The number of nitriles is 2. The molecule has 10 nitrogen and oxygen atoms in total. The number of carbonyl (C=O) groups is 1. The van der Waals surface area contributed by atoms with E-state index in [1.165, 1.54) is 32.7 Å². The molecule has 3 N–H and O–H groups in total. The molecule has 2 aromatic carbocycles. The normalized spacial score (nSPS) is 11.2. The summed E-state index contributed by atoms with van der Waals surface area (Å²) in [6, 6.07) is 17.1. The number of hydrogen-bond acceptors (Lipinski definition) is 11. The van der Waals surface area contributed by atoms with E-state index in [0.717, 1.165) is 23.0 Å². The molecule has 0 spiro atoms. The number of thioether (sulfide) groups is 1. The summed E-state index contributed by atoms with van der Waals surface area (Å²) in [6.45, 7) is 1.85. The minimum atomic E-state index is -0.626. The number of amides is 1. The van der Waals surface area contributed by atoms with Crippen molar-refractivity contribution >= 4 is 40.0 Å². The molecule has 1 amide bonds. The fourth-order valence-corrected chi connectivity index (χ4v) is 5.85. The lowest BCUT2D eigenvalue weighted by molar-refractivity contribution is -0.115. The zero-order valence-corrected chi connectivity index (χ0v) is 24.4. The molecule has 0 saturated carbocycles. The van der Waals surface area contributed by atoms with Crippen molar-refractivity contribution in [2.45, 2.75) is 23.6 Å². The van der Waals surface area contributed by atoms with E-state index in [9.17, 15) is 15.3 Å². The maximum absolute atomic E-state index is 13.3. The molecule has 0 aliphatic carbocycles. The van der Waals surface area contributed by atoms with Gasteiger partial charge in [0.15, 0.2) is 16.6 Å². The third-order valence-electron chi connectivity index (χ3n) is 6.09. The second-order valence-corrected chi connectivity index (χ2v) is 10.5. The zero-order chi connectivity index (χ0) is 29.5. The van der Waals surface area contributed by atoms with Crippen LogP contribution in [0, 0.1) is 22.7 Å². The highest BCUT2D eigenvalue weighted by Crippen LogP contribution is 2.45. The molecule has 0 aliphatic rings. The maximum Gasteiger partial charge on any atom is 0.239 e. The number of nitrogen functional groups attached to an aromatic ring is 1. The van der Waals surface area contributed by atoms with E-state index < -0.39 is 5.25 Å². The van der Waals surface area contributed by atoms with E-state index in [1.54, 1.807) is 12.1 Å². The van der Waals surface area contributed by atoms with E-state index in [1.807, 2.05) is 42.6 Å². The van der Waals surface area contributed by atoms with Gasteiger partial charge in [-0.15, -0.1) is 11.3 Å². The summed E-state index contributed by atoms with van der Waals surface area (Å²) in [5.74, 6) is 0.661. The van der Waals surface area contributed by atoms with Gasteiger partial charge in [0.1, 0.15) is 28.5 Å². The smallest absolute Gasteiger partial charge is 0.239 e. The van der Waals surface area contributed by atoms with Gasteiger partial charge in [0.25, 0.3) is 0 Å². The first-order chi connectivity index (χ1) is 19.9. The SMILES string of the molecule is CC[C@H](Sc1nc(N)c(C#N)c(-c2cc(OC)c(OC)c(OC)c2)c1C#N)C(=O)Nc1nc(-c2ccccc2)cs1. The monoisotopic (exact) mass is 586 g/mol. The number of hydrogen-bond donors (Lipinski definition) is 2. The number of benzene rings is 2. The van der Waals surface area contributed by atoms with Crippen molar-refractivity contribution in [1.29, 1.82) is 10.5 Å². The average Bonchev–Trinajstić information content (AvgIpc) is 3.47. The van der Waals surface area contributed by atoms with Crippen LogP contribution in [0.4, 0.5) is 10.9 Å². The lowest BCUT2D eigenvalue weighted by Gasteiger charge is -2.18. The Bertz CT molecular complexity index is 1640. The molecule has 0 saturated heterocycles. The highest BCUT2D eigenvalue weighted by molar-refractivity contribution is 8.00. The number of methoxy groups -OCH3 is 3. The number of nitrogens with zero attached hydrogens (tertiary/aromatic N) is 4. The number of rotatable bonds is 10. The lowest BCUT2D eigenvalue weighted by Crippen LogP contribution is -2.25. The second kappa shape index (κ2) is 13.0. The molecule has 12 heteroatoms. The number of ether oxygens (including phenoxy) is 3. The van der Waals surface area contributed by atoms with E-state index in [2.05, 4.69) is 27.4 Å². The van der Waals surface area contributed by atoms with Crippen molar-refractivity contribution in [3.8, 4) is 51.8 Å². The number of nitrogens with one attached hydrogen (secondary N) is 1. The second-order valence-electron chi connectivity index (χ2n) is 8.47. The first kappa shape index (κ1) is 29.2. The van der Waals surface area contributed by atoms with E-state index >= 15 is 0 Å². The standard InChI is InChI=1S/C29H26N6O4S2/c1-5-23(27(36)35-29-33-20(15-40-29)16-9-7-6-8-10-16)41-28-19(14-31)24(18(13-30)26(32)34-28)17-11-21(37-2)25(39-4)22(12-17)38-3/h6-12,15,23H,5H2,1-4H3,(H2,32,34)(H,33,35,36)/t23-/m0/s1. The Hall–Kier alpha value is -4.78. The Kier molecular flexibility index (Phi) is 9.30. The highest BCUT2D eigenvalue weighted by Gasteiger charge is 2.27. The van der Waals surface area contributed by atoms with Gasteiger partial charge < -0.3 is 25.3 Å². The Labute approximate surface area is 245 Å². The van der Waals surface area contributed by atoms with Gasteiger partial charge >= 0.3 is 0 Å². The van der Waals surface area contributed by atoms with Crippen LogP contribution in [0.3, 0.4) is 0 Å². The fraction of sp³-hybridized carbons (Fsp3) is 0.207. The minimum Gasteiger partial charge on any atom is -0.493 e. The van der Waals surface area contributed by atoms with Crippen LogP contribution < -0.4 is 25.3 Å². The first-order valence-corrected chi connectivity index (χ1v) is 14.1. The summed E-state index contributed by atoms with van der Waals surface area (Å²) in [5.41, 5.74) is 8.74. The minimum absolute atomic E-state index is 0.0221. The van der Waals surface area contributed by atoms with E-state index in [0.29, 0.717) is 34.4 Å². The largest absolute Gasteiger partial charge is 0.493 e. The van der Waals surface area contributed by atoms with Crippen LogP contribution in [0.15, 0.2) is 52.9 Å². The van der Waals surface area contributed by atoms with Crippen molar-refractivity contribution in [3.63, 3.8) is 0 Å². The number of pyridine rings is 1. The van der Waals surface area contributed by atoms with Crippen molar-refractivity contribution in [1.82, 2.24) is 9.97 Å². The Morgan fingerprint density at radius 2 is 1.68 bits per heavy atom. The van der Waals surface area contributed by atoms with Crippen molar-refractivity contribution in [2.75, 3.05) is 32.4 Å². The topological polar surface area (TPSA) is 156 Å². The molecule has 208 valence electrons. The van der Waals surface area contributed by atoms with E-state index in [-0.39, 0.29) is 33.4 Å². The molecule has 2 aromatic heterocycles. The molecule has 0 unspecified atom stereocenters. The summed E-state index contributed by atoms with van der Waals surface area (Å²) < 4.78 is 16.3. The summed E-state index contributed by atoms with van der Waals surface area (Å²) in [7, 11) is 4.41. The third-order valence-corrected chi connectivity index (χ3v) is 8.20. The number of carbonyl (C=O) groups excluding carboxylic acids is 1. The van der Waals surface area contributed by atoms with Gasteiger partial charge in [-0.2, -0.15) is 10.5 Å². The molecule has 1 atom stereocenters. The summed E-state index contributed by atoms with van der Waals surface area (Å²) in [6.07, 6.45) is 0.430. The van der Waals surface area contributed by atoms with Gasteiger partial charge in [-0.3, -0.25) is 4.79 Å². The number of anilines is 2. The fourth-order valence-electron chi connectivity index (χ4n) is 4.11. The highest BCUT2D eigenvalue weighted by atomic mass is 32.2. The van der Waals surface area contributed by atoms with Crippen LogP contribution >= 0.6 is 23.1 Å². The van der Waals surface area contributed by atoms with E-state index in [4.69, 9.17) is 19.9 Å². The van der Waals surface area contributed by atoms with Crippen molar-refractivity contribution in [2.24, 2.45) is 0 Å². The summed E-state index contributed by atoms with van der Waals surface area (Å²) >= 11 is 2.42. The molecular formula is C29H26N6O4S2. The van der Waals surface area contributed by atoms with Crippen molar-refractivity contribution < 1.29 is 19.0 Å². The van der Waals surface area contributed by atoms with Crippen LogP contribution in [0.25, 0.3) is 22.4 Å².